The zero-order valence-electron chi connectivity index (χ0n) is 11.0. The van der Waals surface area contributed by atoms with E-state index in [0.717, 1.165) is 0 Å². The van der Waals surface area contributed by atoms with Crippen LogP contribution in [0.5, 0.6) is 0 Å². The van der Waals surface area contributed by atoms with E-state index in [4.69, 9.17) is 5.84 Å². The Bertz CT molecular complexity index is 640. The second-order valence-corrected chi connectivity index (χ2v) is 4.13. The lowest BCUT2D eigenvalue weighted by Gasteiger charge is -2.10. The molecule has 0 bridgehead atoms. The third kappa shape index (κ3) is 3.34. The molecule has 0 atom stereocenters. The summed E-state index contributed by atoms with van der Waals surface area (Å²) in [6.07, 6.45) is 3.41. The first-order valence-corrected chi connectivity index (χ1v) is 6.13. The number of nitro groups is 1. The number of amides is 1. The molecular formula is C12H14N6O3. The molecule has 1 aromatic heterocycles. The Morgan fingerprint density at radius 2 is 2.24 bits per heavy atom. The highest BCUT2D eigenvalue weighted by Gasteiger charge is 2.20. The van der Waals surface area contributed by atoms with Gasteiger partial charge in [0.1, 0.15) is 5.69 Å². The predicted octanol–water partition coefficient (Wildman–Crippen LogP) is 0.507. The summed E-state index contributed by atoms with van der Waals surface area (Å²) >= 11 is 0. The molecule has 1 aromatic carbocycles. The smallest absolute Gasteiger partial charge is 0.294 e. The van der Waals surface area contributed by atoms with Crippen molar-refractivity contribution in [2.45, 2.75) is 6.54 Å². The van der Waals surface area contributed by atoms with Gasteiger partial charge in [-0.3, -0.25) is 25.4 Å². The fraction of sp³-hybridized carbons (Fsp3) is 0.167. The zero-order chi connectivity index (χ0) is 15.2. The highest BCUT2D eigenvalue weighted by Crippen LogP contribution is 2.27. The number of para-hydroxylation sites is 1. The van der Waals surface area contributed by atoms with Crippen LogP contribution in [0.2, 0.25) is 0 Å². The van der Waals surface area contributed by atoms with E-state index in [1.165, 1.54) is 18.2 Å². The summed E-state index contributed by atoms with van der Waals surface area (Å²) in [5.74, 6) is 4.84. The number of aromatic nitrogens is 2. The van der Waals surface area contributed by atoms with Gasteiger partial charge in [0.15, 0.2) is 0 Å². The van der Waals surface area contributed by atoms with Crippen LogP contribution in [-0.2, 0) is 6.54 Å². The van der Waals surface area contributed by atoms with E-state index in [9.17, 15) is 14.9 Å². The molecule has 0 unspecified atom stereocenters. The highest BCUT2D eigenvalue weighted by atomic mass is 16.6. The number of carbonyl (C=O) groups excluding carboxylic acids is 1. The van der Waals surface area contributed by atoms with Crippen molar-refractivity contribution in [3.05, 3.63) is 52.3 Å². The maximum atomic E-state index is 12.1. The number of rotatable bonds is 6. The molecule has 0 aliphatic rings. The molecule has 0 aliphatic carbocycles. The zero-order valence-corrected chi connectivity index (χ0v) is 11.0. The number of hydrogen-bond donors (Lipinski definition) is 3. The van der Waals surface area contributed by atoms with E-state index in [2.05, 4.69) is 15.8 Å². The molecule has 0 saturated carbocycles. The molecule has 0 radical (unpaired) electrons. The lowest BCUT2D eigenvalue weighted by molar-refractivity contribution is -0.384. The first-order valence-electron chi connectivity index (χ1n) is 6.13. The molecule has 1 amide bonds. The largest absolute Gasteiger partial charge is 0.350 e. The molecule has 9 nitrogen and oxygen atoms in total. The Labute approximate surface area is 119 Å². The van der Waals surface area contributed by atoms with Gasteiger partial charge in [-0.25, -0.2) is 0 Å². The number of nitrogens with zero attached hydrogens (tertiary/aromatic N) is 3. The second kappa shape index (κ2) is 6.48. The van der Waals surface area contributed by atoms with Crippen LogP contribution in [0.4, 0.5) is 11.4 Å². The van der Waals surface area contributed by atoms with Gasteiger partial charge in [-0.05, 0) is 12.1 Å². The summed E-state index contributed by atoms with van der Waals surface area (Å²) in [5, 5.41) is 17.6. The number of nitrogens with two attached hydrogens (primary N) is 1. The number of anilines is 1. The van der Waals surface area contributed by atoms with Gasteiger partial charge < -0.3 is 10.7 Å². The van der Waals surface area contributed by atoms with Crippen molar-refractivity contribution >= 4 is 17.3 Å². The average molecular weight is 290 g/mol. The molecule has 9 heteroatoms. The monoisotopic (exact) mass is 290 g/mol. The highest BCUT2D eigenvalue weighted by molar-refractivity contribution is 6.01. The number of carbonyl (C=O) groups is 1. The number of nitro benzene ring substituents is 1. The molecule has 0 spiro atoms. The molecule has 0 fully saturated rings. The maximum Gasteiger partial charge on any atom is 0.294 e. The van der Waals surface area contributed by atoms with Crippen molar-refractivity contribution in [2.75, 3.05) is 12.0 Å². The van der Waals surface area contributed by atoms with E-state index in [0.29, 0.717) is 13.1 Å². The van der Waals surface area contributed by atoms with Crippen molar-refractivity contribution in [2.24, 2.45) is 5.84 Å². The van der Waals surface area contributed by atoms with Gasteiger partial charge in [0.05, 0.1) is 17.0 Å². The Morgan fingerprint density at radius 3 is 2.86 bits per heavy atom. The Hall–Kier alpha value is -2.94. The predicted molar refractivity (Wildman–Crippen MR) is 75.5 cm³/mol. The lowest BCUT2D eigenvalue weighted by atomic mass is 10.1. The molecule has 2 aromatic rings. The van der Waals surface area contributed by atoms with Crippen LogP contribution >= 0.6 is 0 Å². The normalized spacial score (nSPS) is 10.1. The SMILES string of the molecule is NNc1c(C(=O)NCCn2cccn2)cccc1[N+](=O)[O-]. The van der Waals surface area contributed by atoms with Crippen molar-refractivity contribution < 1.29 is 9.72 Å². The molecule has 0 saturated heterocycles. The van der Waals surface area contributed by atoms with Crippen LogP contribution in [0.3, 0.4) is 0 Å². The number of hydrazine groups is 1. The Balaban J connectivity index is 2.08. The summed E-state index contributed by atoms with van der Waals surface area (Å²) in [6, 6.07) is 5.95. The van der Waals surface area contributed by atoms with Gasteiger partial charge in [-0.2, -0.15) is 5.10 Å². The molecule has 1 heterocycles. The Morgan fingerprint density at radius 1 is 1.43 bits per heavy atom. The topological polar surface area (TPSA) is 128 Å². The summed E-state index contributed by atoms with van der Waals surface area (Å²) in [4.78, 5) is 22.4. The van der Waals surface area contributed by atoms with Crippen molar-refractivity contribution in [1.29, 1.82) is 0 Å². The van der Waals surface area contributed by atoms with E-state index in [-0.39, 0.29) is 16.9 Å². The summed E-state index contributed by atoms with van der Waals surface area (Å²) in [6.45, 7) is 0.840. The van der Waals surface area contributed by atoms with E-state index in [1.54, 1.807) is 23.1 Å². The first kappa shape index (κ1) is 14.5. The minimum atomic E-state index is -0.601. The van der Waals surface area contributed by atoms with Crippen molar-refractivity contribution in [3.63, 3.8) is 0 Å². The standard InChI is InChI=1S/C12H14N6O3/c13-16-11-9(3-1-4-10(11)18(20)21)12(19)14-6-8-17-7-2-5-15-17/h1-5,7,16H,6,8,13H2,(H,14,19). The number of hydrogen-bond acceptors (Lipinski definition) is 6. The van der Waals surface area contributed by atoms with Gasteiger partial charge >= 0.3 is 0 Å². The molecular weight excluding hydrogens is 276 g/mol. The molecule has 0 aliphatic heterocycles. The van der Waals surface area contributed by atoms with Gasteiger partial charge in [-0.1, -0.05) is 6.07 Å². The van der Waals surface area contributed by atoms with Crippen molar-refractivity contribution in [3.8, 4) is 0 Å². The van der Waals surface area contributed by atoms with Gasteiger partial charge in [0, 0.05) is 25.0 Å². The minimum absolute atomic E-state index is 0.0147. The lowest BCUT2D eigenvalue weighted by Crippen LogP contribution is -2.28. The summed E-state index contributed by atoms with van der Waals surface area (Å²) < 4.78 is 1.66. The maximum absolute atomic E-state index is 12.1. The molecule has 110 valence electrons. The van der Waals surface area contributed by atoms with Crippen LogP contribution in [0.15, 0.2) is 36.7 Å². The van der Waals surface area contributed by atoms with E-state index in [1.807, 2.05) is 0 Å². The minimum Gasteiger partial charge on any atom is -0.350 e. The van der Waals surface area contributed by atoms with Gasteiger partial charge in [0.2, 0.25) is 0 Å². The molecule has 21 heavy (non-hydrogen) atoms. The van der Waals surface area contributed by atoms with E-state index < -0.39 is 10.8 Å². The van der Waals surface area contributed by atoms with Crippen LogP contribution < -0.4 is 16.6 Å². The molecule has 2 rings (SSSR count). The first-order chi connectivity index (χ1) is 10.1. The average Bonchev–Trinajstić information content (AvgIpc) is 2.99. The summed E-state index contributed by atoms with van der Waals surface area (Å²) in [5.41, 5.74) is 2.06. The van der Waals surface area contributed by atoms with Crippen LogP contribution in [0, 0.1) is 10.1 Å². The number of benzene rings is 1. The number of nitrogens with one attached hydrogen (secondary N) is 2. The Kier molecular flexibility index (Phi) is 4.46. The van der Waals surface area contributed by atoms with Crippen LogP contribution in [-0.4, -0.2) is 27.2 Å². The fourth-order valence-corrected chi connectivity index (χ4v) is 1.85. The van der Waals surface area contributed by atoms with Gasteiger partial charge in [-0.15, -0.1) is 0 Å². The van der Waals surface area contributed by atoms with Crippen LogP contribution in [0.1, 0.15) is 10.4 Å². The van der Waals surface area contributed by atoms with Crippen molar-refractivity contribution in [1.82, 2.24) is 15.1 Å². The number of nitrogen functional groups attached to an aromatic ring is 1. The third-order valence-electron chi connectivity index (χ3n) is 2.81. The summed E-state index contributed by atoms with van der Waals surface area (Å²) in [7, 11) is 0. The second-order valence-electron chi connectivity index (χ2n) is 4.13. The van der Waals surface area contributed by atoms with Crippen LogP contribution in [0.25, 0.3) is 0 Å². The van der Waals surface area contributed by atoms with Gasteiger partial charge in [0.25, 0.3) is 11.6 Å². The fourth-order valence-electron chi connectivity index (χ4n) is 1.85. The third-order valence-corrected chi connectivity index (χ3v) is 2.81. The van der Waals surface area contributed by atoms with E-state index >= 15 is 0 Å². The quantitative estimate of drug-likeness (QED) is 0.404. The molecule has 4 N–H and O–H groups in total.